The van der Waals surface area contributed by atoms with Crippen molar-refractivity contribution < 1.29 is 19.1 Å². The van der Waals surface area contributed by atoms with Crippen LogP contribution in [-0.2, 0) is 9.59 Å². The number of carbonyl (C=O) groups excluding carboxylic acids is 3. The second kappa shape index (κ2) is 9.66. The van der Waals surface area contributed by atoms with Crippen molar-refractivity contribution >= 4 is 17.7 Å². The van der Waals surface area contributed by atoms with E-state index in [9.17, 15) is 14.4 Å². The van der Waals surface area contributed by atoms with Gasteiger partial charge in [0.25, 0.3) is 5.91 Å². The van der Waals surface area contributed by atoms with Gasteiger partial charge in [-0.05, 0) is 50.7 Å². The molecule has 0 radical (unpaired) electrons. The second-order valence-electron chi connectivity index (χ2n) is 8.64. The van der Waals surface area contributed by atoms with Crippen LogP contribution in [0.4, 0.5) is 0 Å². The van der Waals surface area contributed by atoms with E-state index >= 15 is 0 Å². The molecule has 3 saturated heterocycles. The molecule has 4 rings (SSSR count). The third kappa shape index (κ3) is 4.67. The minimum atomic E-state index is -0.0619. The Morgan fingerprint density at radius 2 is 2.10 bits per heavy atom. The van der Waals surface area contributed by atoms with Gasteiger partial charge in [0.2, 0.25) is 17.7 Å². The van der Waals surface area contributed by atoms with Crippen molar-refractivity contribution in [2.45, 2.75) is 51.5 Å². The average Bonchev–Trinajstić information content (AvgIpc) is 3.40. The number of amides is 3. The Bertz CT molecular complexity index is 830. The molecule has 8 heteroatoms. The lowest BCUT2D eigenvalue weighted by molar-refractivity contribution is -0.132. The van der Waals surface area contributed by atoms with Gasteiger partial charge in [0.05, 0.1) is 12.6 Å². The van der Waals surface area contributed by atoms with Gasteiger partial charge < -0.3 is 19.4 Å². The van der Waals surface area contributed by atoms with Gasteiger partial charge in [0.1, 0.15) is 5.56 Å². The Morgan fingerprint density at radius 1 is 1.23 bits per heavy atom. The molecule has 0 bridgehead atoms. The number of aromatic nitrogens is 1. The van der Waals surface area contributed by atoms with Crippen LogP contribution in [0.15, 0.2) is 18.3 Å². The molecule has 0 N–H and O–H groups in total. The van der Waals surface area contributed by atoms with Gasteiger partial charge in [-0.15, -0.1) is 0 Å². The predicted octanol–water partition coefficient (Wildman–Crippen LogP) is 1.95. The van der Waals surface area contributed by atoms with Crippen LogP contribution in [-0.4, -0.2) is 82.8 Å². The highest BCUT2D eigenvalue weighted by molar-refractivity contribution is 5.96. The smallest absolute Gasteiger partial charge is 0.259 e. The van der Waals surface area contributed by atoms with Gasteiger partial charge in [0, 0.05) is 51.8 Å². The Kier molecular flexibility index (Phi) is 6.73. The van der Waals surface area contributed by atoms with Gasteiger partial charge in [-0.3, -0.25) is 14.4 Å². The lowest BCUT2D eigenvalue weighted by atomic mass is 9.91. The monoisotopic (exact) mass is 428 g/mol. The van der Waals surface area contributed by atoms with Gasteiger partial charge in [-0.25, -0.2) is 4.98 Å². The van der Waals surface area contributed by atoms with E-state index in [0.717, 1.165) is 25.8 Å². The molecule has 3 amide bonds. The van der Waals surface area contributed by atoms with Crippen LogP contribution in [0.2, 0.25) is 0 Å². The third-order valence-corrected chi connectivity index (χ3v) is 6.67. The zero-order valence-electron chi connectivity index (χ0n) is 18.3. The fourth-order valence-electron chi connectivity index (χ4n) is 5.12. The topological polar surface area (TPSA) is 83.1 Å². The first-order valence-electron chi connectivity index (χ1n) is 11.5. The molecule has 8 nitrogen and oxygen atoms in total. The van der Waals surface area contributed by atoms with Crippen LogP contribution in [0.5, 0.6) is 5.88 Å². The van der Waals surface area contributed by atoms with Crippen LogP contribution in [0.25, 0.3) is 0 Å². The number of pyridine rings is 1. The third-order valence-electron chi connectivity index (χ3n) is 6.67. The molecule has 4 heterocycles. The summed E-state index contributed by atoms with van der Waals surface area (Å²) in [5, 5.41) is 0. The molecule has 0 spiro atoms. The summed E-state index contributed by atoms with van der Waals surface area (Å²) in [4.78, 5) is 47.8. The largest absolute Gasteiger partial charge is 0.477 e. The molecule has 168 valence electrons. The van der Waals surface area contributed by atoms with E-state index in [4.69, 9.17) is 4.74 Å². The van der Waals surface area contributed by atoms with Crippen molar-refractivity contribution in [1.29, 1.82) is 0 Å². The standard InChI is InChI=1S/C23H32N4O4/c1-2-31-22-18(8-3-11-24-22)23(30)27-14-4-7-17-15-26(16-19(17)27)21(29)10-6-13-25-12-5-9-20(25)28/h3,8,11,17,19H,2,4-7,9-10,12-16H2,1H3/t17-,19+/m0/s1. The number of carbonyl (C=O) groups is 3. The first-order chi connectivity index (χ1) is 15.1. The molecule has 3 aliphatic rings. The van der Waals surface area contributed by atoms with Crippen molar-refractivity contribution in [2.24, 2.45) is 5.92 Å². The van der Waals surface area contributed by atoms with E-state index in [2.05, 4.69) is 4.98 Å². The maximum absolute atomic E-state index is 13.3. The molecule has 2 atom stereocenters. The van der Waals surface area contributed by atoms with E-state index in [1.807, 2.05) is 21.6 Å². The summed E-state index contributed by atoms with van der Waals surface area (Å²) in [5.74, 6) is 0.960. The number of fused-ring (bicyclic) bond motifs is 1. The lowest BCUT2D eigenvalue weighted by Gasteiger charge is -2.37. The minimum absolute atomic E-state index is 0.0417. The molecule has 3 fully saturated rings. The fourth-order valence-corrected chi connectivity index (χ4v) is 5.12. The predicted molar refractivity (Wildman–Crippen MR) is 115 cm³/mol. The zero-order valence-corrected chi connectivity index (χ0v) is 18.3. The highest BCUT2D eigenvalue weighted by Gasteiger charge is 2.43. The average molecular weight is 429 g/mol. The number of nitrogens with zero attached hydrogens (tertiary/aromatic N) is 4. The molecule has 1 aromatic heterocycles. The molecule has 31 heavy (non-hydrogen) atoms. The van der Waals surface area contributed by atoms with Crippen LogP contribution in [0.3, 0.4) is 0 Å². The van der Waals surface area contributed by atoms with Crippen molar-refractivity contribution in [3.8, 4) is 5.88 Å². The highest BCUT2D eigenvalue weighted by atomic mass is 16.5. The summed E-state index contributed by atoms with van der Waals surface area (Å²) in [6, 6.07) is 3.56. The Balaban J connectivity index is 1.36. The summed E-state index contributed by atoms with van der Waals surface area (Å²) in [7, 11) is 0. The van der Waals surface area contributed by atoms with E-state index in [0.29, 0.717) is 69.4 Å². The summed E-state index contributed by atoms with van der Waals surface area (Å²) < 4.78 is 5.56. The fraction of sp³-hybridized carbons (Fsp3) is 0.652. The first kappa shape index (κ1) is 21.6. The number of rotatable bonds is 7. The normalized spacial score (nSPS) is 23.3. The van der Waals surface area contributed by atoms with E-state index in [1.165, 1.54) is 0 Å². The minimum Gasteiger partial charge on any atom is -0.477 e. The van der Waals surface area contributed by atoms with Crippen LogP contribution in [0, 0.1) is 5.92 Å². The van der Waals surface area contributed by atoms with Crippen molar-refractivity contribution in [2.75, 3.05) is 39.3 Å². The Labute approximate surface area is 183 Å². The summed E-state index contributed by atoms with van der Waals surface area (Å²) in [5.41, 5.74) is 0.491. The zero-order chi connectivity index (χ0) is 21.8. The molecule has 3 aliphatic heterocycles. The number of hydrogen-bond donors (Lipinski definition) is 0. The van der Waals surface area contributed by atoms with Gasteiger partial charge in [-0.1, -0.05) is 0 Å². The SMILES string of the molecule is CCOc1ncccc1C(=O)N1CCC[C@H]2CN(C(=O)CCCN3CCCC3=O)C[C@H]21. The molecule has 0 saturated carbocycles. The number of likely N-dealkylation sites (tertiary alicyclic amines) is 3. The highest BCUT2D eigenvalue weighted by Crippen LogP contribution is 2.33. The van der Waals surface area contributed by atoms with Crippen molar-refractivity contribution in [3.05, 3.63) is 23.9 Å². The Hall–Kier alpha value is -2.64. The molecular weight excluding hydrogens is 396 g/mol. The maximum atomic E-state index is 13.3. The Morgan fingerprint density at radius 3 is 2.87 bits per heavy atom. The van der Waals surface area contributed by atoms with Gasteiger partial charge >= 0.3 is 0 Å². The van der Waals surface area contributed by atoms with Crippen LogP contribution < -0.4 is 4.74 Å². The van der Waals surface area contributed by atoms with Crippen molar-refractivity contribution in [1.82, 2.24) is 19.7 Å². The quantitative estimate of drug-likeness (QED) is 0.663. The first-order valence-corrected chi connectivity index (χ1v) is 11.5. The van der Waals surface area contributed by atoms with E-state index < -0.39 is 0 Å². The van der Waals surface area contributed by atoms with Gasteiger partial charge in [0.15, 0.2) is 0 Å². The van der Waals surface area contributed by atoms with Crippen LogP contribution in [0.1, 0.15) is 55.8 Å². The summed E-state index contributed by atoms with van der Waals surface area (Å²) in [6.07, 6.45) is 6.32. The molecular formula is C23H32N4O4. The number of piperidine rings is 1. The molecule has 1 aromatic rings. The summed E-state index contributed by atoms with van der Waals surface area (Å²) in [6.45, 7) is 5.80. The number of hydrogen-bond acceptors (Lipinski definition) is 5. The second-order valence-corrected chi connectivity index (χ2v) is 8.64. The number of ether oxygens (including phenoxy) is 1. The molecule has 0 aromatic carbocycles. The maximum Gasteiger partial charge on any atom is 0.259 e. The van der Waals surface area contributed by atoms with E-state index in [1.54, 1.807) is 18.3 Å². The van der Waals surface area contributed by atoms with E-state index in [-0.39, 0.29) is 23.8 Å². The summed E-state index contributed by atoms with van der Waals surface area (Å²) >= 11 is 0. The lowest BCUT2D eigenvalue weighted by Crippen LogP contribution is -2.48. The molecule has 0 aliphatic carbocycles. The van der Waals surface area contributed by atoms with Crippen LogP contribution >= 0.6 is 0 Å². The molecule has 0 unspecified atom stereocenters. The van der Waals surface area contributed by atoms with Crippen molar-refractivity contribution in [3.63, 3.8) is 0 Å². The van der Waals surface area contributed by atoms with Gasteiger partial charge in [-0.2, -0.15) is 0 Å².